The predicted octanol–water partition coefficient (Wildman–Crippen LogP) is 13.8. The third kappa shape index (κ3) is 6.06. The van der Waals surface area contributed by atoms with E-state index in [1.165, 1.54) is 22.1 Å². The lowest BCUT2D eigenvalue weighted by Gasteiger charge is -2.25. The topological polar surface area (TPSA) is 56.7 Å². The molecule has 0 atom stereocenters. The summed E-state index contributed by atoms with van der Waals surface area (Å²) in [5, 5.41) is 4.63. The van der Waals surface area contributed by atoms with Crippen LogP contribution in [0.5, 0.6) is 0 Å². The zero-order valence-electron chi connectivity index (χ0n) is 33.8. The van der Waals surface area contributed by atoms with Gasteiger partial charge in [0.2, 0.25) is 5.95 Å². The summed E-state index contributed by atoms with van der Waals surface area (Å²) in [6.45, 7) is 20.5. The van der Waals surface area contributed by atoms with E-state index in [-0.39, 0.29) is 16.2 Å². The number of nitrogens with zero attached hydrogens (tertiary/aromatic N) is 4. The number of hydrogen-bond donors (Lipinski definition) is 0. The summed E-state index contributed by atoms with van der Waals surface area (Å²) >= 11 is 0. The van der Waals surface area contributed by atoms with Gasteiger partial charge in [-0.2, -0.15) is 9.97 Å². The molecule has 0 N–H and O–H groups in total. The Hall–Kier alpha value is -6.07. The molecule has 0 bridgehead atoms. The van der Waals surface area contributed by atoms with Gasteiger partial charge < -0.3 is 4.42 Å². The normalized spacial score (nSPS) is 12.7. The van der Waals surface area contributed by atoms with Crippen molar-refractivity contribution in [1.82, 2.24) is 19.5 Å². The Bertz CT molecular complexity index is 2910. The molecule has 9 aromatic rings. The van der Waals surface area contributed by atoms with Crippen molar-refractivity contribution in [3.8, 4) is 39.9 Å². The summed E-state index contributed by atoms with van der Waals surface area (Å²) in [7, 11) is 0. The van der Waals surface area contributed by atoms with E-state index in [1.807, 2.05) is 18.2 Å². The van der Waals surface area contributed by atoms with E-state index >= 15 is 0 Å². The lowest BCUT2D eigenvalue weighted by atomic mass is 9.79. The minimum absolute atomic E-state index is 0.0161. The molecular formula is C51H48N4O. The molecule has 56 heavy (non-hydrogen) atoms. The standard InChI is InChI=1S/C51H48N4O/c1-49(2,3)34-27-38(44-39(28-34)40-29-35(50(4,5)6)30-41(45(40)56-44)51(7,8)9)32-20-17-21-33(26-32)47-52-46(31-18-11-10-12-19-31)53-48(54-47)55-42-24-15-13-22-36(42)37-23-14-16-25-43(37)55/h10-30H,1-9H3. The lowest BCUT2D eigenvalue weighted by Crippen LogP contribution is -2.16. The first kappa shape index (κ1) is 35.6. The molecule has 0 amide bonds. The maximum Gasteiger partial charge on any atom is 0.238 e. The monoisotopic (exact) mass is 732 g/mol. The van der Waals surface area contributed by atoms with Gasteiger partial charge in [0.15, 0.2) is 11.6 Å². The smallest absolute Gasteiger partial charge is 0.238 e. The van der Waals surface area contributed by atoms with Crippen molar-refractivity contribution < 1.29 is 4.42 Å². The van der Waals surface area contributed by atoms with Crippen LogP contribution in [0.25, 0.3) is 83.6 Å². The molecule has 3 heterocycles. The molecule has 3 aromatic heterocycles. The van der Waals surface area contributed by atoms with Crippen LogP contribution in [0.1, 0.15) is 79.0 Å². The largest absolute Gasteiger partial charge is 0.455 e. The maximum absolute atomic E-state index is 7.06. The highest BCUT2D eigenvalue weighted by Gasteiger charge is 2.28. The predicted molar refractivity (Wildman–Crippen MR) is 234 cm³/mol. The minimum atomic E-state index is -0.108. The Labute approximate surface area is 329 Å². The molecule has 9 rings (SSSR count). The second-order valence-electron chi connectivity index (χ2n) is 18.3. The van der Waals surface area contributed by atoms with Gasteiger partial charge in [0.1, 0.15) is 11.2 Å². The van der Waals surface area contributed by atoms with E-state index in [0.717, 1.165) is 60.6 Å². The Kier molecular flexibility index (Phi) is 8.10. The average Bonchev–Trinajstić information content (AvgIpc) is 3.72. The van der Waals surface area contributed by atoms with Crippen LogP contribution in [0.3, 0.4) is 0 Å². The van der Waals surface area contributed by atoms with Crippen molar-refractivity contribution in [1.29, 1.82) is 0 Å². The van der Waals surface area contributed by atoms with Crippen LogP contribution in [0.2, 0.25) is 0 Å². The zero-order valence-corrected chi connectivity index (χ0v) is 33.8. The van der Waals surface area contributed by atoms with Crippen LogP contribution in [-0.4, -0.2) is 19.5 Å². The van der Waals surface area contributed by atoms with Crippen molar-refractivity contribution in [3.05, 3.63) is 144 Å². The maximum atomic E-state index is 7.06. The Morgan fingerprint density at radius 3 is 1.55 bits per heavy atom. The van der Waals surface area contributed by atoms with Crippen LogP contribution in [0.4, 0.5) is 0 Å². The number of furan rings is 1. The fourth-order valence-electron chi connectivity index (χ4n) is 7.89. The molecule has 6 aromatic carbocycles. The van der Waals surface area contributed by atoms with Gasteiger partial charge in [-0.3, -0.25) is 4.57 Å². The lowest BCUT2D eigenvalue weighted by molar-refractivity contribution is 0.559. The second kappa shape index (κ2) is 12.7. The number of aromatic nitrogens is 4. The molecule has 0 fully saturated rings. The van der Waals surface area contributed by atoms with E-state index in [2.05, 4.69) is 176 Å². The molecule has 0 spiro atoms. The van der Waals surface area contributed by atoms with Crippen LogP contribution < -0.4 is 0 Å². The molecule has 278 valence electrons. The first-order valence-electron chi connectivity index (χ1n) is 19.6. The number of benzene rings is 6. The number of hydrogen-bond acceptors (Lipinski definition) is 4. The van der Waals surface area contributed by atoms with E-state index in [0.29, 0.717) is 17.6 Å². The molecule has 0 aliphatic rings. The van der Waals surface area contributed by atoms with E-state index in [1.54, 1.807) is 0 Å². The molecule has 5 nitrogen and oxygen atoms in total. The Morgan fingerprint density at radius 2 is 0.946 bits per heavy atom. The third-order valence-corrected chi connectivity index (χ3v) is 11.1. The molecule has 0 aliphatic carbocycles. The van der Waals surface area contributed by atoms with Crippen molar-refractivity contribution in [2.45, 2.75) is 78.6 Å². The van der Waals surface area contributed by atoms with Crippen LogP contribution >= 0.6 is 0 Å². The summed E-state index contributed by atoms with van der Waals surface area (Å²) in [4.78, 5) is 15.5. The molecule has 0 aliphatic heterocycles. The summed E-state index contributed by atoms with van der Waals surface area (Å²) in [5.41, 5.74) is 11.5. The zero-order chi connectivity index (χ0) is 39.1. The van der Waals surface area contributed by atoms with Crippen LogP contribution in [0, 0.1) is 0 Å². The number of para-hydroxylation sites is 2. The first-order valence-corrected chi connectivity index (χ1v) is 19.6. The highest BCUT2D eigenvalue weighted by atomic mass is 16.3. The average molecular weight is 733 g/mol. The van der Waals surface area contributed by atoms with Gasteiger partial charge in [0.25, 0.3) is 0 Å². The molecule has 0 saturated heterocycles. The van der Waals surface area contributed by atoms with Crippen molar-refractivity contribution in [2.24, 2.45) is 0 Å². The molecule has 0 radical (unpaired) electrons. The Balaban J connectivity index is 1.30. The summed E-state index contributed by atoms with van der Waals surface area (Å²) in [6, 6.07) is 45.0. The van der Waals surface area contributed by atoms with Crippen molar-refractivity contribution in [3.63, 3.8) is 0 Å². The fraction of sp³-hybridized carbons (Fsp3) is 0.235. The van der Waals surface area contributed by atoms with Gasteiger partial charge in [-0.25, -0.2) is 4.98 Å². The van der Waals surface area contributed by atoms with Gasteiger partial charge in [-0.15, -0.1) is 0 Å². The van der Waals surface area contributed by atoms with Gasteiger partial charge >= 0.3 is 0 Å². The fourth-order valence-corrected chi connectivity index (χ4v) is 7.89. The quantitative estimate of drug-likeness (QED) is 0.181. The van der Waals surface area contributed by atoms with Gasteiger partial charge in [0, 0.05) is 43.8 Å². The van der Waals surface area contributed by atoms with Crippen LogP contribution in [0.15, 0.2) is 132 Å². The summed E-state index contributed by atoms with van der Waals surface area (Å²) in [6.07, 6.45) is 0. The SMILES string of the molecule is CC(C)(C)c1cc(-c2cccc(-c3nc(-c4ccccc4)nc(-n4c5ccccc5c5ccccc54)n3)c2)c2oc3c(C(C)(C)C)cc(C(C)(C)C)cc3c2c1. The van der Waals surface area contributed by atoms with Crippen molar-refractivity contribution >= 4 is 43.7 Å². The first-order chi connectivity index (χ1) is 26.6. The van der Waals surface area contributed by atoms with Crippen molar-refractivity contribution in [2.75, 3.05) is 0 Å². The number of fused-ring (bicyclic) bond motifs is 6. The number of rotatable bonds is 4. The molecule has 0 saturated carbocycles. The van der Waals surface area contributed by atoms with Gasteiger partial charge in [-0.05, 0) is 69.3 Å². The molecular weight excluding hydrogens is 685 g/mol. The van der Waals surface area contributed by atoms with Gasteiger partial charge in [0.05, 0.1) is 11.0 Å². The summed E-state index contributed by atoms with van der Waals surface area (Å²) in [5.74, 6) is 1.81. The minimum Gasteiger partial charge on any atom is -0.455 e. The van der Waals surface area contributed by atoms with Gasteiger partial charge in [-0.1, -0.05) is 153 Å². The highest BCUT2D eigenvalue weighted by molar-refractivity contribution is 6.12. The summed E-state index contributed by atoms with van der Waals surface area (Å²) < 4.78 is 9.22. The molecule has 0 unspecified atom stereocenters. The second-order valence-corrected chi connectivity index (χ2v) is 18.3. The van der Waals surface area contributed by atoms with E-state index in [4.69, 9.17) is 19.4 Å². The highest BCUT2D eigenvalue weighted by Crippen LogP contribution is 2.45. The van der Waals surface area contributed by atoms with Crippen LogP contribution in [-0.2, 0) is 16.2 Å². The van der Waals surface area contributed by atoms with E-state index < -0.39 is 0 Å². The van der Waals surface area contributed by atoms with E-state index in [9.17, 15) is 0 Å². The Morgan fingerprint density at radius 1 is 0.429 bits per heavy atom. The molecule has 5 heteroatoms. The third-order valence-electron chi connectivity index (χ3n) is 11.1.